The lowest BCUT2D eigenvalue weighted by Crippen LogP contribution is -2.24. The molecule has 0 spiro atoms. The van der Waals surface area contributed by atoms with Gasteiger partial charge in [-0.3, -0.25) is 4.79 Å². The monoisotopic (exact) mass is 338 g/mol. The van der Waals surface area contributed by atoms with Crippen LogP contribution in [0.1, 0.15) is 10.4 Å². The molecular weight excluding hydrogens is 327 g/mol. The van der Waals surface area contributed by atoms with E-state index in [4.69, 9.17) is 5.26 Å². The third-order valence-electron chi connectivity index (χ3n) is 4.06. The van der Waals surface area contributed by atoms with Crippen LogP contribution in [-0.2, 0) is 13.6 Å². The Morgan fingerprint density at radius 2 is 2.17 bits per heavy atom. The maximum Gasteiger partial charge on any atom is 0.291 e. The van der Waals surface area contributed by atoms with Crippen molar-refractivity contribution in [3.63, 3.8) is 0 Å². The fourth-order valence-electron chi connectivity index (χ4n) is 2.87. The van der Waals surface area contributed by atoms with Gasteiger partial charge in [0.1, 0.15) is 22.3 Å². The molecule has 118 valence electrons. The smallest absolute Gasteiger partial charge is 0.291 e. The van der Waals surface area contributed by atoms with Gasteiger partial charge in [-0.15, -0.1) is 11.3 Å². The number of nitriles is 1. The number of nitrogens with zero attached hydrogens (tertiary/aromatic N) is 4. The Kier molecular flexibility index (Phi) is 3.22. The minimum absolute atomic E-state index is 0.0731. The molecule has 0 saturated heterocycles. The van der Waals surface area contributed by atoms with Gasteiger partial charge in [0, 0.05) is 18.0 Å². The van der Waals surface area contributed by atoms with Crippen molar-refractivity contribution in [3.05, 3.63) is 63.1 Å². The zero-order chi connectivity index (χ0) is 16.8. The molecular formula is C17H11FN4OS. The van der Waals surface area contributed by atoms with Gasteiger partial charge in [0.25, 0.3) is 5.56 Å². The van der Waals surface area contributed by atoms with E-state index < -0.39 is 0 Å². The summed E-state index contributed by atoms with van der Waals surface area (Å²) in [5.74, 6) is -0.363. The highest BCUT2D eigenvalue weighted by Crippen LogP contribution is 2.32. The summed E-state index contributed by atoms with van der Waals surface area (Å²) >= 11 is 1.34. The van der Waals surface area contributed by atoms with E-state index in [1.807, 2.05) is 0 Å². The van der Waals surface area contributed by atoms with Crippen molar-refractivity contribution in [2.75, 3.05) is 0 Å². The summed E-state index contributed by atoms with van der Waals surface area (Å²) in [5, 5.41) is 13.9. The second-order valence-corrected chi connectivity index (χ2v) is 6.51. The molecule has 5 nitrogen and oxygen atoms in total. The topological polar surface area (TPSA) is 63.6 Å². The highest BCUT2D eigenvalue weighted by Gasteiger charge is 2.17. The molecule has 3 heterocycles. The Bertz CT molecular complexity index is 1200. The number of halogens is 1. The van der Waals surface area contributed by atoms with Gasteiger partial charge < -0.3 is 4.57 Å². The maximum atomic E-state index is 13.8. The third-order valence-corrected chi connectivity index (χ3v) is 5.12. The average Bonchev–Trinajstić information content (AvgIpc) is 3.11. The lowest BCUT2D eigenvalue weighted by atomic mass is 10.2. The number of thiophene rings is 1. The zero-order valence-electron chi connectivity index (χ0n) is 12.7. The Morgan fingerprint density at radius 1 is 1.38 bits per heavy atom. The normalized spacial score (nSPS) is 11.2. The van der Waals surface area contributed by atoms with Crippen LogP contribution in [0.3, 0.4) is 0 Å². The van der Waals surface area contributed by atoms with Crippen molar-refractivity contribution in [1.29, 1.82) is 5.26 Å². The predicted octanol–water partition coefficient (Wildman–Crippen LogP) is 3.01. The second kappa shape index (κ2) is 5.28. The lowest BCUT2D eigenvalue weighted by molar-refractivity contribution is 0.574. The first-order chi connectivity index (χ1) is 11.6. The number of aromatic nitrogens is 3. The highest BCUT2D eigenvalue weighted by molar-refractivity contribution is 7.20. The van der Waals surface area contributed by atoms with E-state index in [2.05, 4.69) is 11.2 Å². The quantitative estimate of drug-likeness (QED) is 0.564. The van der Waals surface area contributed by atoms with Gasteiger partial charge in [-0.05, 0) is 12.1 Å². The predicted molar refractivity (Wildman–Crippen MR) is 90.6 cm³/mol. The first-order valence-corrected chi connectivity index (χ1v) is 8.03. The Morgan fingerprint density at radius 3 is 2.92 bits per heavy atom. The molecule has 7 heteroatoms. The summed E-state index contributed by atoms with van der Waals surface area (Å²) < 4.78 is 17.7. The van der Waals surface area contributed by atoms with Crippen LogP contribution >= 0.6 is 11.3 Å². The SMILES string of the molecule is Cn1c2cc(C#N)sc2c2cnn(Cc3ccccc3F)c(=O)c21. The molecule has 4 aromatic rings. The van der Waals surface area contributed by atoms with Crippen molar-refractivity contribution in [2.24, 2.45) is 7.05 Å². The first kappa shape index (κ1) is 14.6. The van der Waals surface area contributed by atoms with E-state index in [0.29, 0.717) is 21.3 Å². The molecule has 0 N–H and O–H groups in total. The zero-order valence-corrected chi connectivity index (χ0v) is 13.5. The Hall–Kier alpha value is -2.98. The van der Waals surface area contributed by atoms with Crippen molar-refractivity contribution >= 4 is 32.5 Å². The molecule has 0 aliphatic heterocycles. The Balaban J connectivity index is 1.93. The van der Waals surface area contributed by atoms with E-state index in [-0.39, 0.29) is 17.9 Å². The van der Waals surface area contributed by atoms with Crippen LogP contribution in [0, 0.1) is 17.1 Å². The molecule has 0 unspecified atom stereocenters. The van der Waals surface area contributed by atoms with Crippen LogP contribution in [0.4, 0.5) is 4.39 Å². The van der Waals surface area contributed by atoms with Crippen LogP contribution in [0.5, 0.6) is 0 Å². The molecule has 1 aromatic carbocycles. The summed E-state index contributed by atoms with van der Waals surface area (Å²) in [6, 6.07) is 10.2. The molecule has 0 saturated carbocycles. The van der Waals surface area contributed by atoms with Gasteiger partial charge >= 0.3 is 0 Å². The van der Waals surface area contributed by atoms with E-state index in [1.54, 1.807) is 42.1 Å². The number of fused-ring (bicyclic) bond motifs is 3. The summed E-state index contributed by atoms with van der Waals surface area (Å²) in [5.41, 5.74) is 1.47. The summed E-state index contributed by atoms with van der Waals surface area (Å²) in [7, 11) is 1.79. The number of aryl methyl sites for hydroxylation is 1. The van der Waals surface area contributed by atoms with Gasteiger partial charge in [0.05, 0.1) is 23.0 Å². The van der Waals surface area contributed by atoms with Crippen molar-refractivity contribution in [1.82, 2.24) is 14.3 Å². The molecule has 0 atom stereocenters. The lowest BCUT2D eigenvalue weighted by Gasteiger charge is -2.06. The number of rotatable bonds is 2. The first-order valence-electron chi connectivity index (χ1n) is 7.21. The molecule has 3 aromatic heterocycles. The van der Waals surface area contributed by atoms with Crippen LogP contribution in [0.2, 0.25) is 0 Å². The minimum atomic E-state index is -0.363. The van der Waals surface area contributed by atoms with E-state index >= 15 is 0 Å². The number of benzene rings is 1. The fraction of sp³-hybridized carbons (Fsp3) is 0.118. The largest absolute Gasteiger partial charge is 0.338 e. The number of hydrogen-bond acceptors (Lipinski definition) is 4. The summed E-state index contributed by atoms with van der Waals surface area (Å²) in [4.78, 5) is 13.4. The highest BCUT2D eigenvalue weighted by atomic mass is 32.1. The maximum absolute atomic E-state index is 13.8. The van der Waals surface area contributed by atoms with E-state index in [1.165, 1.54) is 22.1 Å². The standard InChI is InChI=1S/C17H11FN4OS/c1-21-14-6-11(7-19)24-16(14)12-8-20-22(17(23)15(12)21)9-10-4-2-3-5-13(10)18/h2-6,8H,9H2,1H3. The van der Waals surface area contributed by atoms with Crippen LogP contribution in [0.15, 0.2) is 41.3 Å². The van der Waals surface area contributed by atoms with Gasteiger partial charge in [-0.1, -0.05) is 18.2 Å². The van der Waals surface area contributed by atoms with E-state index in [9.17, 15) is 9.18 Å². The molecule has 0 fully saturated rings. The van der Waals surface area contributed by atoms with Crippen molar-refractivity contribution in [3.8, 4) is 6.07 Å². The number of hydrogen-bond donors (Lipinski definition) is 0. The van der Waals surface area contributed by atoms with Gasteiger partial charge in [-0.25, -0.2) is 9.07 Å². The summed E-state index contributed by atoms with van der Waals surface area (Å²) in [6.45, 7) is 0.0731. The van der Waals surface area contributed by atoms with Crippen LogP contribution in [-0.4, -0.2) is 14.3 Å². The minimum Gasteiger partial charge on any atom is -0.338 e. The van der Waals surface area contributed by atoms with Crippen molar-refractivity contribution in [2.45, 2.75) is 6.54 Å². The van der Waals surface area contributed by atoms with Crippen molar-refractivity contribution < 1.29 is 4.39 Å². The van der Waals surface area contributed by atoms with Gasteiger partial charge in [-0.2, -0.15) is 10.4 Å². The molecule has 24 heavy (non-hydrogen) atoms. The van der Waals surface area contributed by atoms with Crippen LogP contribution in [0.25, 0.3) is 21.1 Å². The summed E-state index contributed by atoms with van der Waals surface area (Å²) in [6.07, 6.45) is 1.61. The molecule has 0 bridgehead atoms. The Labute approximate surface area is 139 Å². The second-order valence-electron chi connectivity index (χ2n) is 5.46. The van der Waals surface area contributed by atoms with Gasteiger partial charge in [0.2, 0.25) is 0 Å². The molecule has 0 amide bonds. The van der Waals surface area contributed by atoms with E-state index in [0.717, 1.165) is 10.2 Å². The molecule has 4 rings (SSSR count). The van der Waals surface area contributed by atoms with Crippen LogP contribution < -0.4 is 5.56 Å². The van der Waals surface area contributed by atoms with Gasteiger partial charge in [0.15, 0.2) is 0 Å². The third kappa shape index (κ3) is 2.04. The molecule has 0 aliphatic carbocycles. The fourth-order valence-corrected chi connectivity index (χ4v) is 3.86. The average molecular weight is 338 g/mol. The molecule has 0 aliphatic rings. The molecule has 0 radical (unpaired) electrons.